The van der Waals surface area contributed by atoms with Gasteiger partial charge < -0.3 is 4.74 Å². The number of aryl methyl sites for hydroxylation is 3. The lowest BCUT2D eigenvalue weighted by molar-refractivity contribution is 0.0967. The Bertz CT molecular complexity index is 1110. The summed E-state index contributed by atoms with van der Waals surface area (Å²) in [7, 11) is 1.56. The third-order valence-corrected chi connectivity index (χ3v) is 5.11. The third-order valence-electron chi connectivity index (χ3n) is 5.11. The molecule has 0 N–H and O–H groups in total. The Morgan fingerprint density at radius 2 is 1.93 bits per heavy atom. The van der Waals surface area contributed by atoms with Gasteiger partial charge in [-0.1, -0.05) is 12.1 Å². The molecule has 28 heavy (non-hydrogen) atoms. The van der Waals surface area contributed by atoms with Crippen molar-refractivity contribution in [3.63, 3.8) is 0 Å². The summed E-state index contributed by atoms with van der Waals surface area (Å²) in [5.41, 5.74) is 3.85. The zero-order valence-corrected chi connectivity index (χ0v) is 16.2. The van der Waals surface area contributed by atoms with Gasteiger partial charge in [0.15, 0.2) is 5.78 Å². The Hall–Kier alpha value is -3.22. The summed E-state index contributed by atoms with van der Waals surface area (Å²) < 4.78 is 8.50. The lowest BCUT2D eigenvalue weighted by Crippen LogP contribution is -2.23. The summed E-state index contributed by atoms with van der Waals surface area (Å²) in [4.78, 5) is 24.5. The molecule has 0 aliphatic heterocycles. The first-order valence-corrected chi connectivity index (χ1v) is 9.31. The van der Waals surface area contributed by atoms with Gasteiger partial charge in [-0.25, -0.2) is 4.79 Å². The summed E-state index contributed by atoms with van der Waals surface area (Å²) in [5, 5.41) is 7.72. The predicted molar refractivity (Wildman–Crippen MR) is 104 cm³/mol. The Balaban J connectivity index is 1.59. The van der Waals surface area contributed by atoms with Crippen LogP contribution in [0.15, 0.2) is 41.2 Å². The van der Waals surface area contributed by atoms with E-state index < -0.39 is 0 Å². The highest BCUT2D eigenvalue weighted by Crippen LogP contribution is 2.33. The fourth-order valence-corrected chi connectivity index (χ4v) is 3.23. The fourth-order valence-electron chi connectivity index (χ4n) is 3.23. The molecule has 0 saturated heterocycles. The topological polar surface area (TPSA) is 79.0 Å². The van der Waals surface area contributed by atoms with E-state index in [4.69, 9.17) is 4.74 Å². The van der Waals surface area contributed by atoms with E-state index in [2.05, 4.69) is 10.4 Å². The Kier molecular flexibility index (Phi) is 4.58. The number of carbonyl (C=O) groups excluding carboxylic acids is 1. The lowest BCUT2D eigenvalue weighted by Gasteiger charge is -2.14. The van der Waals surface area contributed by atoms with E-state index in [-0.39, 0.29) is 24.0 Å². The SMILES string of the molecule is Cc1cc(C(=O)C2CC2)ccc1OCc1c(C)cccc1-n1nnn(C)c1=O. The van der Waals surface area contributed by atoms with Crippen LogP contribution < -0.4 is 10.4 Å². The highest BCUT2D eigenvalue weighted by atomic mass is 16.5. The van der Waals surface area contributed by atoms with Crippen molar-refractivity contribution < 1.29 is 9.53 Å². The number of nitrogens with zero attached hydrogens (tertiary/aromatic N) is 4. The molecule has 7 nitrogen and oxygen atoms in total. The van der Waals surface area contributed by atoms with Gasteiger partial charge in [0.25, 0.3) is 0 Å². The molecular weight excluding hydrogens is 356 g/mol. The largest absolute Gasteiger partial charge is 0.489 e. The molecule has 0 atom stereocenters. The van der Waals surface area contributed by atoms with Crippen LogP contribution in [-0.2, 0) is 13.7 Å². The van der Waals surface area contributed by atoms with Crippen molar-refractivity contribution in [3.8, 4) is 11.4 Å². The average molecular weight is 378 g/mol. The molecule has 0 radical (unpaired) electrons. The Labute approximate surface area is 162 Å². The first-order chi connectivity index (χ1) is 13.5. The Morgan fingerprint density at radius 3 is 2.57 bits per heavy atom. The van der Waals surface area contributed by atoms with Crippen LogP contribution in [0.4, 0.5) is 0 Å². The van der Waals surface area contributed by atoms with E-state index in [1.54, 1.807) is 7.05 Å². The summed E-state index contributed by atoms with van der Waals surface area (Å²) >= 11 is 0. The number of hydrogen-bond donors (Lipinski definition) is 0. The number of ketones is 1. The van der Waals surface area contributed by atoms with Gasteiger partial charge in [-0.15, -0.1) is 0 Å². The molecule has 1 heterocycles. The number of aromatic nitrogens is 4. The molecule has 4 rings (SSSR count). The molecule has 3 aromatic rings. The highest BCUT2D eigenvalue weighted by Gasteiger charge is 2.30. The first-order valence-electron chi connectivity index (χ1n) is 9.31. The zero-order valence-electron chi connectivity index (χ0n) is 16.2. The average Bonchev–Trinajstić information content (AvgIpc) is 3.47. The minimum Gasteiger partial charge on any atom is -0.489 e. The molecule has 1 aliphatic rings. The number of Topliss-reactive ketones (excluding diaryl/α,β-unsaturated/α-hetero) is 1. The Morgan fingerprint density at radius 1 is 1.14 bits per heavy atom. The molecule has 0 spiro atoms. The molecule has 0 amide bonds. The number of rotatable bonds is 6. The second-order valence-electron chi connectivity index (χ2n) is 7.28. The smallest absolute Gasteiger partial charge is 0.368 e. The molecule has 144 valence electrons. The lowest BCUT2D eigenvalue weighted by atomic mass is 10.0. The van der Waals surface area contributed by atoms with Crippen molar-refractivity contribution in [1.82, 2.24) is 19.8 Å². The standard InChI is InChI=1S/C21H22N4O3/c1-13-5-4-6-18(25-21(27)24(3)22-23-25)17(13)12-28-19-10-9-16(11-14(19)2)20(26)15-7-8-15/h4-6,9-11,15H,7-8,12H2,1-3H3. The summed E-state index contributed by atoms with van der Waals surface area (Å²) in [6, 6.07) is 11.2. The van der Waals surface area contributed by atoms with Gasteiger partial charge in [0, 0.05) is 24.1 Å². The summed E-state index contributed by atoms with van der Waals surface area (Å²) in [6.45, 7) is 4.18. The van der Waals surface area contributed by atoms with Crippen LogP contribution in [0.2, 0.25) is 0 Å². The quantitative estimate of drug-likeness (QED) is 0.616. The van der Waals surface area contributed by atoms with Crippen LogP contribution in [0, 0.1) is 19.8 Å². The van der Waals surface area contributed by atoms with Crippen LogP contribution >= 0.6 is 0 Å². The fraction of sp³-hybridized carbons (Fsp3) is 0.333. The molecule has 0 bridgehead atoms. The van der Waals surface area contributed by atoms with Crippen molar-refractivity contribution in [3.05, 3.63) is 69.1 Å². The number of tetrazole rings is 1. The normalized spacial score (nSPS) is 13.5. The van der Waals surface area contributed by atoms with E-state index in [1.165, 1.54) is 9.36 Å². The maximum absolute atomic E-state index is 12.3. The first kappa shape index (κ1) is 18.2. The van der Waals surface area contributed by atoms with Crippen LogP contribution in [0.5, 0.6) is 5.75 Å². The molecule has 1 fully saturated rings. The van der Waals surface area contributed by atoms with Crippen molar-refractivity contribution in [2.75, 3.05) is 0 Å². The van der Waals surface area contributed by atoms with Crippen LogP contribution in [0.25, 0.3) is 5.69 Å². The molecule has 1 aliphatic carbocycles. The summed E-state index contributed by atoms with van der Waals surface area (Å²) in [5.74, 6) is 1.14. The van der Waals surface area contributed by atoms with E-state index in [9.17, 15) is 9.59 Å². The minimum atomic E-state index is -0.314. The van der Waals surface area contributed by atoms with E-state index in [0.717, 1.165) is 35.1 Å². The molecule has 1 aromatic heterocycles. The molecule has 2 aromatic carbocycles. The molecular formula is C21H22N4O3. The van der Waals surface area contributed by atoms with Crippen molar-refractivity contribution in [1.29, 1.82) is 0 Å². The van der Waals surface area contributed by atoms with Crippen LogP contribution in [0.1, 0.15) is 39.9 Å². The predicted octanol–water partition coefficient (Wildman–Crippen LogP) is 2.75. The molecule has 0 unspecified atom stereocenters. The number of carbonyl (C=O) groups is 1. The van der Waals surface area contributed by atoms with Crippen LogP contribution in [0.3, 0.4) is 0 Å². The zero-order chi connectivity index (χ0) is 19.8. The van der Waals surface area contributed by atoms with Gasteiger partial charge >= 0.3 is 5.69 Å². The second kappa shape index (κ2) is 7.07. The maximum Gasteiger partial charge on any atom is 0.368 e. The van der Waals surface area contributed by atoms with Crippen molar-refractivity contribution >= 4 is 5.78 Å². The number of ether oxygens (including phenoxy) is 1. The third kappa shape index (κ3) is 3.35. The van der Waals surface area contributed by atoms with Crippen molar-refractivity contribution in [2.45, 2.75) is 33.3 Å². The van der Waals surface area contributed by atoms with Gasteiger partial charge in [-0.3, -0.25) is 4.79 Å². The summed E-state index contributed by atoms with van der Waals surface area (Å²) in [6.07, 6.45) is 1.99. The monoisotopic (exact) mass is 378 g/mol. The van der Waals surface area contributed by atoms with E-state index in [0.29, 0.717) is 11.4 Å². The van der Waals surface area contributed by atoms with Gasteiger partial charge in [-0.2, -0.15) is 9.36 Å². The number of benzene rings is 2. The van der Waals surface area contributed by atoms with Gasteiger partial charge in [0.1, 0.15) is 12.4 Å². The van der Waals surface area contributed by atoms with Gasteiger partial charge in [0.2, 0.25) is 0 Å². The van der Waals surface area contributed by atoms with Crippen molar-refractivity contribution in [2.24, 2.45) is 13.0 Å². The molecule has 7 heteroatoms. The number of hydrogen-bond acceptors (Lipinski definition) is 5. The highest BCUT2D eigenvalue weighted by molar-refractivity contribution is 5.99. The second-order valence-corrected chi connectivity index (χ2v) is 7.28. The van der Waals surface area contributed by atoms with Gasteiger partial charge in [-0.05, 0) is 72.5 Å². The minimum absolute atomic E-state index is 0.200. The van der Waals surface area contributed by atoms with Crippen LogP contribution in [-0.4, -0.2) is 25.6 Å². The maximum atomic E-state index is 12.3. The molecule has 1 saturated carbocycles. The van der Waals surface area contributed by atoms with E-state index >= 15 is 0 Å². The van der Waals surface area contributed by atoms with E-state index in [1.807, 2.05) is 50.2 Å². The van der Waals surface area contributed by atoms with Gasteiger partial charge in [0.05, 0.1) is 5.69 Å².